The van der Waals surface area contributed by atoms with Crippen LogP contribution in [0, 0.1) is 0 Å². The monoisotopic (exact) mass is 286 g/mol. The van der Waals surface area contributed by atoms with Gasteiger partial charge in [-0.1, -0.05) is 24.3 Å². The number of methoxy groups -OCH3 is 2. The van der Waals surface area contributed by atoms with Crippen molar-refractivity contribution in [2.45, 2.75) is 0 Å². The molecule has 0 radical (unpaired) electrons. The van der Waals surface area contributed by atoms with Crippen molar-refractivity contribution in [2.75, 3.05) is 14.2 Å². The molecule has 0 aliphatic rings. The Labute approximate surface area is 142 Å². The fraction of sp³-hybridized carbons (Fsp3) is 0.143. The van der Waals surface area contributed by atoms with Gasteiger partial charge < -0.3 is 19.7 Å². The van der Waals surface area contributed by atoms with E-state index in [4.69, 9.17) is 9.47 Å². The second kappa shape index (κ2) is 9.78. The van der Waals surface area contributed by atoms with Crippen molar-refractivity contribution in [3.05, 3.63) is 48.5 Å². The minimum Gasteiger partial charge on any atom is -0.872 e. The van der Waals surface area contributed by atoms with E-state index in [9.17, 15) is 10.2 Å². The Morgan fingerprint density at radius 1 is 0.737 bits per heavy atom. The van der Waals surface area contributed by atoms with Crippen LogP contribution in [0.1, 0.15) is 0 Å². The zero-order valence-electron chi connectivity index (χ0n) is 11.0. The third-order valence-electron chi connectivity index (χ3n) is 2.08. The maximum atomic E-state index is 10.6. The van der Waals surface area contributed by atoms with Gasteiger partial charge in [-0.3, -0.25) is 0 Å². The molecule has 19 heavy (non-hydrogen) atoms. The average molecular weight is 286 g/mol. The van der Waals surface area contributed by atoms with Crippen LogP contribution >= 0.6 is 0 Å². The van der Waals surface area contributed by atoms with Gasteiger partial charge in [-0.05, 0) is 24.3 Å². The van der Waals surface area contributed by atoms with Crippen molar-refractivity contribution in [3.63, 3.8) is 0 Å². The Morgan fingerprint density at radius 3 is 1.32 bits per heavy atom. The molecule has 0 aromatic heterocycles. The molecule has 0 aliphatic heterocycles. The summed E-state index contributed by atoms with van der Waals surface area (Å²) >= 11 is 0. The quantitative estimate of drug-likeness (QED) is 0.777. The van der Waals surface area contributed by atoms with Crippen LogP contribution in [0.15, 0.2) is 48.5 Å². The van der Waals surface area contributed by atoms with E-state index < -0.39 is 0 Å². The summed E-state index contributed by atoms with van der Waals surface area (Å²) in [6.07, 6.45) is 0. The molecule has 0 bridgehead atoms. The van der Waals surface area contributed by atoms with Gasteiger partial charge in [0, 0.05) is 0 Å². The smallest absolute Gasteiger partial charge is 0.872 e. The van der Waals surface area contributed by atoms with E-state index in [-0.39, 0.29) is 49.2 Å². The second-order valence-corrected chi connectivity index (χ2v) is 3.36. The first-order valence-corrected chi connectivity index (χ1v) is 5.28. The van der Waals surface area contributed by atoms with Crippen molar-refractivity contribution in [1.82, 2.24) is 0 Å². The summed E-state index contributed by atoms with van der Waals surface area (Å²) in [5.41, 5.74) is 0. The molecule has 2 aromatic carbocycles. The predicted molar refractivity (Wildman–Crippen MR) is 70.6 cm³/mol. The van der Waals surface area contributed by atoms with Gasteiger partial charge in [-0.2, -0.15) is 0 Å². The van der Waals surface area contributed by atoms with Gasteiger partial charge in [-0.25, -0.2) is 0 Å². The summed E-state index contributed by atoms with van der Waals surface area (Å²) in [5.74, 6) is 1.19. The van der Waals surface area contributed by atoms with E-state index >= 15 is 0 Å². The Morgan fingerprint density at radius 2 is 1.11 bits per heavy atom. The summed E-state index contributed by atoms with van der Waals surface area (Å²) in [6, 6.07) is 12.7. The molecule has 2 rings (SSSR count). The topological polar surface area (TPSA) is 64.6 Å². The minimum absolute atomic E-state index is 0. The molecular formula is C14H14CaO4. The molecule has 0 saturated carbocycles. The largest absolute Gasteiger partial charge is 2.00 e. The zero-order valence-corrected chi connectivity index (χ0v) is 13.2. The van der Waals surface area contributed by atoms with Crippen molar-refractivity contribution in [2.24, 2.45) is 0 Å². The fourth-order valence-electron chi connectivity index (χ4n) is 1.20. The van der Waals surface area contributed by atoms with Crippen LogP contribution in [0.3, 0.4) is 0 Å². The molecule has 0 amide bonds. The second-order valence-electron chi connectivity index (χ2n) is 3.36. The van der Waals surface area contributed by atoms with Crippen LogP contribution in [-0.4, -0.2) is 52.0 Å². The first-order valence-electron chi connectivity index (χ1n) is 5.28. The maximum absolute atomic E-state index is 10.6. The summed E-state index contributed by atoms with van der Waals surface area (Å²) in [6.45, 7) is 0. The molecule has 5 heteroatoms. The normalized spacial score (nSPS) is 8.53. The number of hydrogen-bond donors (Lipinski definition) is 0. The maximum Gasteiger partial charge on any atom is 2.00 e. The zero-order chi connectivity index (χ0) is 13.4. The Kier molecular flexibility index (Phi) is 9.21. The van der Waals surface area contributed by atoms with Gasteiger partial charge >= 0.3 is 37.7 Å². The van der Waals surface area contributed by atoms with Gasteiger partial charge in [-0.15, -0.1) is 11.5 Å². The SMILES string of the molecule is COc1cccc([O-])c1.COc1cccc([O-])c1.[Ca+2]. The molecule has 2 aromatic rings. The Bertz CT molecular complexity index is 443. The third-order valence-corrected chi connectivity index (χ3v) is 2.08. The van der Waals surface area contributed by atoms with Gasteiger partial charge in [0.1, 0.15) is 11.5 Å². The van der Waals surface area contributed by atoms with Crippen molar-refractivity contribution < 1.29 is 19.7 Å². The van der Waals surface area contributed by atoms with E-state index in [0.717, 1.165) is 0 Å². The number of hydrogen-bond acceptors (Lipinski definition) is 4. The van der Waals surface area contributed by atoms with E-state index in [2.05, 4.69) is 0 Å². The van der Waals surface area contributed by atoms with Crippen LogP contribution in [0.2, 0.25) is 0 Å². The van der Waals surface area contributed by atoms with E-state index in [0.29, 0.717) is 11.5 Å². The first-order chi connectivity index (χ1) is 8.65. The molecule has 0 unspecified atom stereocenters. The van der Waals surface area contributed by atoms with Gasteiger partial charge in [0.25, 0.3) is 0 Å². The van der Waals surface area contributed by atoms with Gasteiger partial charge in [0.15, 0.2) is 0 Å². The summed E-state index contributed by atoms with van der Waals surface area (Å²) in [4.78, 5) is 0. The molecule has 96 valence electrons. The van der Waals surface area contributed by atoms with E-state index in [1.807, 2.05) is 0 Å². The molecule has 0 aliphatic carbocycles. The molecule has 0 N–H and O–H groups in total. The average Bonchev–Trinajstić information content (AvgIpc) is 2.39. The molecule has 0 fully saturated rings. The molecule has 0 heterocycles. The van der Waals surface area contributed by atoms with Crippen LogP contribution in [0.4, 0.5) is 0 Å². The van der Waals surface area contributed by atoms with Crippen LogP contribution in [-0.2, 0) is 0 Å². The van der Waals surface area contributed by atoms with Crippen LogP contribution in [0.25, 0.3) is 0 Å². The number of ether oxygens (including phenoxy) is 2. The summed E-state index contributed by atoms with van der Waals surface area (Å²) in [5, 5.41) is 21.1. The minimum atomic E-state index is -0.0191. The van der Waals surface area contributed by atoms with E-state index in [1.165, 1.54) is 38.5 Å². The van der Waals surface area contributed by atoms with Gasteiger partial charge in [0.05, 0.1) is 14.2 Å². The predicted octanol–water partition coefficient (Wildman–Crippen LogP) is 1.16. The van der Waals surface area contributed by atoms with Crippen molar-refractivity contribution in [1.29, 1.82) is 0 Å². The number of benzene rings is 2. The van der Waals surface area contributed by atoms with Crippen LogP contribution < -0.4 is 19.7 Å². The summed E-state index contributed by atoms with van der Waals surface area (Å²) in [7, 11) is 3.07. The first kappa shape index (κ1) is 17.9. The Balaban J connectivity index is 0.000000324. The van der Waals surface area contributed by atoms with Crippen molar-refractivity contribution >= 4 is 37.7 Å². The van der Waals surface area contributed by atoms with Gasteiger partial charge in [0.2, 0.25) is 0 Å². The fourth-order valence-corrected chi connectivity index (χ4v) is 1.20. The number of rotatable bonds is 2. The Hall–Kier alpha value is -1.10. The molecule has 0 saturated heterocycles. The standard InChI is InChI=1S/2C7H8O2.Ca/c2*1-9-7-4-2-3-6(8)5-7;/h2*2-5,8H,1H3;/q;;+2/p-2. The molecule has 0 spiro atoms. The third kappa shape index (κ3) is 7.15. The molecule has 4 nitrogen and oxygen atoms in total. The van der Waals surface area contributed by atoms with E-state index in [1.54, 1.807) is 24.3 Å². The van der Waals surface area contributed by atoms with Crippen LogP contribution in [0.5, 0.6) is 23.0 Å². The van der Waals surface area contributed by atoms with Crippen molar-refractivity contribution in [3.8, 4) is 23.0 Å². The summed E-state index contributed by atoms with van der Waals surface area (Å²) < 4.78 is 9.59. The molecule has 0 atom stereocenters. The molecular weight excluding hydrogens is 272 g/mol.